The molecule has 130 valence electrons. The smallest absolute Gasteiger partial charge is 0.232 e. The second kappa shape index (κ2) is 6.51. The molecule has 0 aliphatic carbocycles. The van der Waals surface area contributed by atoms with Gasteiger partial charge in [-0.05, 0) is 39.8 Å². The molecule has 2 heterocycles. The van der Waals surface area contributed by atoms with Crippen molar-refractivity contribution in [1.82, 2.24) is 14.9 Å². The van der Waals surface area contributed by atoms with Crippen LogP contribution in [0.25, 0.3) is 5.69 Å². The van der Waals surface area contributed by atoms with Gasteiger partial charge in [0.1, 0.15) is 23.1 Å². The second-order valence-electron chi connectivity index (χ2n) is 5.98. The summed E-state index contributed by atoms with van der Waals surface area (Å²) in [4.78, 5) is 12.7. The lowest BCUT2D eigenvalue weighted by Gasteiger charge is -2.13. The largest absolute Gasteiger partial charge is 0.361 e. The molecule has 7 heteroatoms. The van der Waals surface area contributed by atoms with E-state index in [1.165, 1.54) is 10.7 Å². The average molecular weight is 342 g/mol. The van der Waals surface area contributed by atoms with E-state index in [0.717, 1.165) is 5.56 Å². The van der Waals surface area contributed by atoms with Crippen molar-refractivity contribution >= 4 is 11.7 Å². The molecule has 6 nitrogen and oxygen atoms in total. The molecule has 0 aliphatic rings. The van der Waals surface area contributed by atoms with Crippen molar-refractivity contribution in [2.45, 2.75) is 33.6 Å². The molecule has 1 N–H and O–H groups in total. The number of nitrogens with zero attached hydrogens (tertiary/aromatic N) is 3. The average Bonchev–Trinajstić information content (AvgIpc) is 3.09. The standard InChI is InChI=1S/C18H19FN4O2/c1-10-9-16(23(21-10)15-8-6-5-7-14(15)19)20-18(24)11(2)17-12(3)22-25-13(17)4/h5-9,11H,1-4H3,(H,20,24). The van der Waals surface area contributed by atoms with Gasteiger partial charge in [0.05, 0.1) is 17.3 Å². The van der Waals surface area contributed by atoms with Crippen molar-refractivity contribution in [1.29, 1.82) is 0 Å². The Morgan fingerprint density at radius 1 is 1.28 bits per heavy atom. The number of carbonyl (C=O) groups excluding carboxylic acids is 1. The van der Waals surface area contributed by atoms with E-state index in [1.54, 1.807) is 52.0 Å². The molecule has 0 saturated carbocycles. The van der Waals surface area contributed by atoms with Crippen LogP contribution in [0.2, 0.25) is 0 Å². The van der Waals surface area contributed by atoms with Gasteiger partial charge in [0.25, 0.3) is 0 Å². The van der Waals surface area contributed by atoms with Crippen molar-refractivity contribution < 1.29 is 13.7 Å². The fourth-order valence-corrected chi connectivity index (χ4v) is 2.87. The van der Waals surface area contributed by atoms with Gasteiger partial charge in [-0.15, -0.1) is 0 Å². The predicted octanol–water partition coefficient (Wildman–Crippen LogP) is 3.67. The van der Waals surface area contributed by atoms with Crippen LogP contribution in [-0.2, 0) is 4.79 Å². The van der Waals surface area contributed by atoms with Crippen molar-refractivity contribution in [3.63, 3.8) is 0 Å². The van der Waals surface area contributed by atoms with Gasteiger partial charge in [-0.1, -0.05) is 17.3 Å². The number of nitrogens with one attached hydrogen (secondary N) is 1. The van der Waals surface area contributed by atoms with Crippen LogP contribution in [-0.4, -0.2) is 20.8 Å². The topological polar surface area (TPSA) is 73.0 Å². The summed E-state index contributed by atoms with van der Waals surface area (Å²) in [7, 11) is 0. The maximum absolute atomic E-state index is 14.1. The van der Waals surface area contributed by atoms with E-state index in [1.807, 2.05) is 0 Å². The summed E-state index contributed by atoms with van der Waals surface area (Å²) in [6, 6.07) is 7.98. The van der Waals surface area contributed by atoms with Crippen LogP contribution in [0.4, 0.5) is 10.2 Å². The molecule has 0 bridgehead atoms. The monoisotopic (exact) mass is 342 g/mol. The zero-order valence-corrected chi connectivity index (χ0v) is 14.5. The lowest BCUT2D eigenvalue weighted by molar-refractivity contribution is -0.117. The fourth-order valence-electron chi connectivity index (χ4n) is 2.87. The first kappa shape index (κ1) is 16.9. The summed E-state index contributed by atoms with van der Waals surface area (Å²) >= 11 is 0. The number of anilines is 1. The van der Waals surface area contributed by atoms with Gasteiger partial charge < -0.3 is 9.84 Å². The van der Waals surface area contributed by atoms with E-state index in [9.17, 15) is 9.18 Å². The minimum atomic E-state index is -0.462. The second-order valence-corrected chi connectivity index (χ2v) is 5.98. The van der Waals surface area contributed by atoms with E-state index in [4.69, 9.17) is 4.52 Å². The molecule has 25 heavy (non-hydrogen) atoms. The van der Waals surface area contributed by atoms with Gasteiger partial charge in [0.2, 0.25) is 5.91 Å². The quantitative estimate of drug-likeness (QED) is 0.785. The number of amides is 1. The highest BCUT2D eigenvalue weighted by Gasteiger charge is 2.24. The zero-order valence-electron chi connectivity index (χ0n) is 14.5. The van der Waals surface area contributed by atoms with E-state index in [0.29, 0.717) is 23.0 Å². The number of carbonyl (C=O) groups is 1. The zero-order chi connectivity index (χ0) is 18.1. The van der Waals surface area contributed by atoms with Crippen LogP contribution in [0.15, 0.2) is 34.9 Å². The number of aromatic nitrogens is 3. The molecule has 2 aromatic heterocycles. The van der Waals surface area contributed by atoms with Crippen LogP contribution >= 0.6 is 0 Å². The Hall–Kier alpha value is -2.96. The number of benzene rings is 1. The highest BCUT2D eigenvalue weighted by atomic mass is 19.1. The van der Waals surface area contributed by atoms with Crippen molar-refractivity contribution in [3.8, 4) is 5.69 Å². The number of hydrogen-bond acceptors (Lipinski definition) is 4. The molecule has 3 aromatic rings. The molecule has 3 rings (SSSR count). The molecule has 1 unspecified atom stereocenters. The summed E-state index contributed by atoms with van der Waals surface area (Å²) in [5.74, 6) is -0.104. The van der Waals surface area contributed by atoms with Crippen molar-refractivity contribution in [3.05, 3.63) is 58.9 Å². The third-order valence-electron chi connectivity index (χ3n) is 4.08. The van der Waals surface area contributed by atoms with Gasteiger partial charge in [-0.3, -0.25) is 4.79 Å². The lowest BCUT2D eigenvalue weighted by Crippen LogP contribution is -2.21. The van der Waals surface area contributed by atoms with E-state index >= 15 is 0 Å². The summed E-state index contributed by atoms with van der Waals surface area (Å²) in [5.41, 5.74) is 2.38. The molecule has 1 aromatic carbocycles. The number of halogens is 1. The van der Waals surface area contributed by atoms with Crippen LogP contribution in [0.5, 0.6) is 0 Å². The van der Waals surface area contributed by atoms with Gasteiger partial charge in [0, 0.05) is 11.6 Å². The van der Waals surface area contributed by atoms with Crippen LogP contribution < -0.4 is 5.32 Å². The van der Waals surface area contributed by atoms with Gasteiger partial charge in [0.15, 0.2) is 0 Å². The molecule has 1 atom stereocenters. The molecule has 1 amide bonds. The Kier molecular flexibility index (Phi) is 4.39. The fraction of sp³-hybridized carbons (Fsp3) is 0.278. The number of aryl methyl sites for hydroxylation is 3. The van der Waals surface area contributed by atoms with Crippen molar-refractivity contribution in [2.24, 2.45) is 0 Å². The Balaban J connectivity index is 1.91. The third kappa shape index (κ3) is 3.17. The number of rotatable bonds is 4. The summed E-state index contributed by atoms with van der Waals surface area (Å²) < 4.78 is 20.6. The molecule has 0 spiro atoms. The molecular weight excluding hydrogens is 323 g/mol. The highest BCUT2D eigenvalue weighted by molar-refractivity contribution is 5.95. The van der Waals surface area contributed by atoms with Crippen LogP contribution in [0, 0.1) is 26.6 Å². The predicted molar refractivity (Wildman–Crippen MR) is 91.3 cm³/mol. The van der Waals surface area contributed by atoms with Crippen LogP contribution in [0.1, 0.15) is 35.6 Å². The first-order valence-corrected chi connectivity index (χ1v) is 7.93. The minimum absolute atomic E-state index is 0.244. The van der Waals surface area contributed by atoms with Gasteiger partial charge in [-0.2, -0.15) is 5.10 Å². The summed E-state index contributed by atoms with van der Waals surface area (Å²) in [5, 5.41) is 11.0. The minimum Gasteiger partial charge on any atom is -0.361 e. The van der Waals surface area contributed by atoms with Gasteiger partial charge >= 0.3 is 0 Å². The molecule has 0 aliphatic heterocycles. The Labute approximate surface area is 144 Å². The number of para-hydroxylation sites is 1. The summed E-state index contributed by atoms with van der Waals surface area (Å²) in [6.07, 6.45) is 0. The van der Waals surface area contributed by atoms with Gasteiger partial charge in [-0.25, -0.2) is 9.07 Å². The highest BCUT2D eigenvalue weighted by Crippen LogP contribution is 2.26. The van der Waals surface area contributed by atoms with Crippen molar-refractivity contribution in [2.75, 3.05) is 5.32 Å². The first-order valence-electron chi connectivity index (χ1n) is 7.93. The molecular formula is C18H19FN4O2. The molecule has 0 fully saturated rings. The normalized spacial score (nSPS) is 12.2. The summed E-state index contributed by atoms with van der Waals surface area (Å²) in [6.45, 7) is 7.12. The Bertz CT molecular complexity index is 910. The third-order valence-corrected chi connectivity index (χ3v) is 4.08. The maximum Gasteiger partial charge on any atom is 0.232 e. The number of hydrogen-bond donors (Lipinski definition) is 1. The first-order chi connectivity index (χ1) is 11.9. The maximum atomic E-state index is 14.1. The molecule has 0 radical (unpaired) electrons. The van der Waals surface area contributed by atoms with E-state index in [2.05, 4.69) is 15.6 Å². The SMILES string of the molecule is Cc1cc(NC(=O)C(C)c2c(C)noc2C)n(-c2ccccc2F)n1. The lowest BCUT2D eigenvalue weighted by atomic mass is 9.99. The van der Waals surface area contributed by atoms with E-state index in [-0.39, 0.29) is 11.6 Å². The van der Waals surface area contributed by atoms with E-state index < -0.39 is 11.7 Å². The van der Waals surface area contributed by atoms with Crippen LogP contribution in [0.3, 0.4) is 0 Å². The Morgan fingerprint density at radius 2 is 2.00 bits per heavy atom. The molecule has 0 saturated heterocycles. The Morgan fingerprint density at radius 3 is 2.64 bits per heavy atom.